The van der Waals surface area contributed by atoms with E-state index in [2.05, 4.69) is 0 Å². The van der Waals surface area contributed by atoms with Crippen LogP contribution in [0, 0.1) is 6.92 Å². The number of carbonyl (C=O) groups excluding carboxylic acids is 1. The zero-order valence-electron chi connectivity index (χ0n) is 10.4. The lowest BCUT2D eigenvalue weighted by Crippen LogP contribution is -3.00. The summed E-state index contributed by atoms with van der Waals surface area (Å²) in [5.41, 5.74) is 1.81. The van der Waals surface area contributed by atoms with Crippen LogP contribution in [-0.2, 0) is 18.4 Å². The second-order valence-corrected chi connectivity index (χ2v) is 5.20. The Kier molecular flexibility index (Phi) is 5.51. The number of hydrogen-bond donors (Lipinski definition) is 0. The van der Waals surface area contributed by atoms with Crippen LogP contribution in [0.15, 0.2) is 12.1 Å². The van der Waals surface area contributed by atoms with Crippen molar-refractivity contribution in [2.45, 2.75) is 13.5 Å². The molecule has 0 saturated heterocycles. The first-order valence-electron chi connectivity index (χ1n) is 5.37. The maximum atomic E-state index is 11.5. The Balaban J connectivity index is 0.00000180. The lowest BCUT2D eigenvalue weighted by Gasteiger charge is -1.98. The Morgan fingerprint density at radius 3 is 2.47 bits per heavy atom. The van der Waals surface area contributed by atoms with E-state index < -0.39 is 0 Å². The molecule has 0 fully saturated rings. The van der Waals surface area contributed by atoms with Crippen molar-refractivity contribution in [1.82, 2.24) is 4.57 Å². The molecule has 0 saturated carbocycles. The van der Waals surface area contributed by atoms with Gasteiger partial charge in [0.05, 0.1) is 23.0 Å². The van der Waals surface area contributed by atoms with Crippen molar-refractivity contribution in [3.63, 3.8) is 0 Å². The first-order valence-corrected chi connectivity index (χ1v) is 6.66. The third-order valence-corrected chi connectivity index (χ3v) is 4.05. The van der Waals surface area contributed by atoms with E-state index in [0.29, 0.717) is 10.0 Å². The van der Waals surface area contributed by atoms with Gasteiger partial charge in [0.1, 0.15) is 0 Å². The Morgan fingerprint density at radius 1 is 1.32 bits per heavy atom. The van der Waals surface area contributed by atoms with Crippen LogP contribution in [-0.4, -0.2) is 16.2 Å². The molecule has 0 aliphatic heterocycles. The van der Waals surface area contributed by atoms with Crippen LogP contribution < -0.4 is 17.0 Å². The van der Waals surface area contributed by atoms with Crippen molar-refractivity contribution in [2.24, 2.45) is 7.05 Å². The van der Waals surface area contributed by atoms with Gasteiger partial charge in [-0.3, -0.25) is 4.79 Å². The molecule has 2 aromatic rings. The van der Waals surface area contributed by atoms with E-state index in [1.807, 2.05) is 23.1 Å². The second-order valence-electron chi connectivity index (χ2n) is 4.12. The van der Waals surface area contributed by atoms with Gasteiger partial charge in [0.15, 0.2) is 23.4 Å². The molecule has 19 heavy (non-hydrogen) atoms. The third kappa shape index (κ3) is 3.00. The number of hydrogen-bond acceptors (Lipinski definition) is 1. The van der Waals surface area contributed by atoms with Gasteiger partial charge in [0.2, 0.25) is 0 Å². The number of benzene rings is 1. The molecule has 1 aromatic carbocycles. The summed E-state index contributed by atoms with van der Waals surface area (Å²) in [7, 11) is 1.92. The van der Waals surface area contributed by atoms with Crippen molar-refractivity contribution in [1.29, 1.82) is 0 Å². The Hall–Kier alpha value is -0.480. The number of aryl methyl sites for hydroxylation is 1. The van der Waals surface area contributed by atoms with Crippen molar-refractivity contribution < 1.29 is 21.8 Å². The molecule has 0 N–H and O–H groups in total. The highest BCUT2D eigenvalue weighted by Crippen LogP contribution is 2.27. The van der Waals surface area contributed by atoms with Crippen LogP contribution in [0.2, 0.25) is 10.0 Å². The molecule has 0 spiro atoms. The van der Waals surface area contributed by atoms with Gasteiger partial charge in [0, 0.05) is 19.1 Å². The number of rotatable bonds is 3. The number of aromatic nitrogens is 2. The van der Waals surface area contributed by atoms with E-state index in [4.69, 9.17) is 34.8 Å². The van der Waals surface area contributed by atoms with Crippen molar-refractivity contribution in [3.8, 4) is 0 Å². The predicted octanol–water partition coefficient (Wildman–Crippen LogP) is -0.107. The fourth-order valence-corrected chi connectivity index (χ4v) is 2.36. The van der Waals surface area contributed by atoms with Gasteiger partial charge in [-0.1, -0.05) is 23.2 Å². The number of halogens is 4. The van der Waals surface area contributed by atoms with Crippen LogP contribution in [0.5, 0.6) is 0 Å². The maximum absolute atomic E-state index is 11.5. The summed E-state index contributed by atoms with van der Waals surface area (Å²) >= 11 is 17.6. The number of nitrogens with zero attached hydrogens (tertiary/aromatic N) is 2. The Bertz CT molecular complexity index is 636. The minimum Gasteiger partial charge on any atom is -1.00 e. The molecule has 0 radical (unpaired) electrons. The van der Waals surface area contributed by atoms with Crippen LogP contribution in [0.1, 0.15) is 5.82 Å². The molecule has 0 bridgehead atoms. The molecule has 0 unspecified atom stereocenters. The fourth-order valence-electron chi connectivity index (χ4n) is 1.96. The lowest BCUT2D eigenvalue weighted by molar-refractivity contribution is -0.652. The standard InChI is InChI=1S/C12H12Cl3N2O.ClH/c1-7-16(2)11-3-9(14)10(15)4-12(11)17(7)6-8(18)5-13;/h3-4H,5-6H2,1-2H3;1H/q+1;/p-1. The minimum absolute atomic E-state index is 0. The van der Waals surface area contributed by atoms with Gasteiger partial charge in [0.25, 0.3) is 5.82 Å². The van der Waals surface area contributed by atoms with Gasteiger partial charge < -0.3 is 12.4 Å². The van der Waals surface area contributed by atoms with E-state index in [1.54, 1.807) is 12.1 Å². The molecule has 0 aliphatic rings. The van der Waals surface area contributed by atoms with Gasteiger partial charge >= 0.3 is 0 Å². The molecular weight excluding hydrogens is 330 g/mol. The van der Waals surface area contributed by atoms with E-state index in [1.165, 1.54) is 0 Å². The average Bonchev–Trinajstić information content (AvgIpc) is 2.56. The smallest absolute Gasteiger partial charge is 0.254 e. The number of Topliss-reactive ketones (excluding diaryl/α,β-unsaturated/α-hetero) is 1. The molecule has 2 rings (SSSR count). The second kappa shape index (κ2) is 6.31. The number of ketones is 1. The highest BCUT2D eigenvalue weighted by Gasteiger charge is 2.22. The largest absolute Gasteiger partial charge is 1.00 e. The zero-order valence-corrected chi connectivity index (χ0v) is 13.4. The van der Waals surface area contributed by atoms with Crippen LogP contribution in [0.4, 0.5) is 0 Å². The summed E-state index contributed by atoms with van der Waals surface area (Å²) in [4.78, 5) is 11.5. The molecule has 1 heterocycles. The molecule has 3 nitrogen and oxygen atoms in total. The molecular formula is C12H12Cl4N2O. The van der Waals surface area contributed by atoms with Crippen molar-refractivity contribution >= 4 is 51.6 Å². The Morgan fingerprint density at radius 2 is 1.89 bits per heavy atom. The number of carbonyl (C=O) groups is 1. The monoisotopic (exact) mass is 340 g/mol. The molecule has 0 amide bonds. The summed E-state index contributed by atoms with van der Waals surface area (Å²) in [5.74, 6) is 0.912. The van der Waals surface area contributed by atoms with E-state index in [-0.39, 0.29) is 30.6 Å². The minimum atomic E-state index is -0.0386. The summed E-state index contributed by atoms with van der Waals surface area (Å²) < 4.78 is 3.86. The summed E-state index contributed by atoms with van der Waals surface area (Å²) in [6.45, 7) is 2.17. The first-order chi connectivity index (χ1) is 8.45. The molecule has 0 atom stereocenters. The lowest BCUT2D eigenvalue weighted by atomic mass is 10.3. The predicted molar refractivity (Wildman–Crippen MR) is 73.6 cm³/mol. The van der Waals surface area contributed by atoms with Gasteiger partial charge in [-0.05, 0) is 0 Å². The number of alkyl halides is 1. The van der Waals surface area contributed by atoms with Crippen molar-refractivity contribution in [3.05, 3.63) is 28.0 Å². The highest BCUT2D eigenvalue weighted by atomic mass is 35.5. The van der Waals surface area contributed by atoms with E-state index >= 15 is 0 Å². The quantitative estimate of drug-likeness (QED) is 0.565. The van der Waals surface area contributed by atoms with E-state index in [0.717, 1.165) is 16.9 Å². The van der Waals surface area contributed by atoms with Crippen LogP contribution in [0.3, 0.4) is 0 Å². The average molecular weight is 342 g/mol. The zero-order chi connectivity index (χ0) is 13.4. The molecule has 1 aromatic heterocycles. The van der Waals surface area contributed by atoms with Crippen molar-refractivity contribution in [2.75, 3.05) is 5.88 Å². The normalized spacial score (nSPS) is 10.6. The fraction of sp³-hybridized carbons (Fsp3) is 0.333. The number of imidazole rings is 1. The summed E-state index contributed by atoms with van der Waals surface area (Å²) in [5, 5.41) is 0.974. The molecule has 0 aliphatic carbocycles. The highest BCUT2D eigenvalue weighted by molar-refractivity contribution is 6.42. The third-order valence-electron chi connectivity index (χ3n) is 3.03. The SMILES string of the molecule is Cc1n(CC(=O)CCl)c2cc(Cl)c(Cl)cc2[n+]1C.[Cl-]. The van der Waals surface area contributed by atoms with Gasteiger partial charge in [-0.25, -0.2) is 9.13 Å². The Labute approximate surface area is 132 Å². The number of fused-ring (bicyclic) bond motifs is 1. The maximum Gasteiger partial charge on any atom is 0.254 e. The summed E-state index contributed by atoms with van der Waals surface area (Å²) in [6.07, 6.45) is 0. The summed E-state index contributed by atoms with van der Waals surface area (Å²) in [6, 6.07) is 3.57. The van der Waals surface area contributed by atoms with Crippen LogP contribution >= 0.6 is 34.8 Å². The van der Waals surface area contributed by atoms with E-state index in [9.17, 15) is 4.79 Å². The first kappa shape index (κ1) is 16.6. The molecule has 104 valence electrons. The topological polar surface area (TPSA) is 25.9 Å². The molecule has 7 heteroatoms. The van der Waals surface area contributed by atoms with Gasteiger partial charge in [-0.15, -0.1) is 11.6 Å². The van der Waals surface area contributed by atoms with Crippen LogP contribution in [0.25, 0.3) is 11.0 Å². The van der Waals surface area contributed by atoms with Gasteiger partial charge in [-0.2, -0.15) is 0 Å².